The first-order valence-corrected chi connectivity index (χ1v) is 9.63. The van der Waals surface area contributed by atoms with Crippen molar-refractivity contribution < 1.29 is 19.0 Å². The molecule has 2 heterocycles. The second-order valence-corrected chi connectivity index (χ2v) is 7.07. The van der Waals surface area contributed by atoms with E-state index in [9.17, 15) is 4.79 Å². The molecule has 150 valence electrons. The van der Waals surface area contributed by atoms with Crippen LogP contribution in [-0.4, -0.2) is 55.8 Å². The molecular weight excluding hydrogens is 368 g/mol. The van der Waals surface area contributed by atoms with Crippen molar-refractivity contribution in [2.24, 2.45) is 0 Å². The molecule has 4 rings (SSSR count). The molecule has 1 aromatic heterocycles. The zero-order chi connectivity index (χ0) is 20.4. The molecule has 1 aliphatic rings. The zero-order valence-corrected chi connectivity index (χ0v) is 16.8. The number of rotatable bonds is 4. The lowest BCUT2D eigenvalue weighted by atomic mass is 10.0. The number of hydrogen-bond acceptors (Lipinski definition) is 5. The Morgan fingerprint density at radius 2 is 1.90 bits per heavy atom. The first-order valence-electron chi connectivity index (χ1n) is 9.63. The number of methoxy groups -OCH3 is 2. The minimum atomic E-state index is 0.000441. The molecule has 0 bridgehead atoms. The first-order chi connectivity index (χ1) is 14.1. The predicted octanol–water partition coefficient (Wildman–Crippen LogP) is 3.78. The molecule has 6 heteroatoms. The third-order valence-electron chi connectivity index (χ3n) is 5.15. The van der Waals surface area contributed by atoms with Gasteiger partial charge in [-0.05, 0) is 37.3 Å². The molecule has 29 heavy (non-hydrogen) atoms. The van der Waals surface area contributed by atoms with E-state index in [0.29, 0.717) is 42.5 Å². The van der Waals surface area contributed by atoms with Crippen LogP contribution < -0.4 is 9.47 Å². The van der Waals surface area contributed by atoms with Crippen LogP contribution in [0.25, 0.3) is 22.2 Å². The first kappa shape index (κ1) is 19.2. The number of fused-ring (bicyclic) bond motifs is 1. The maximum atomic E-state index is 13.4. The Balaban J connectivity index is 1.82. The Kier molecular flexibility index (Phi) is 5.36. The van der Waals surface area contributed by atoms with Crippen LogP contribution in [0.4, 0.5) is 0 Å². The van der Waals surface area contributed by atoms with Gasteiger partial charge in [0.1, 0.15) is 0 Å². The summed E-state index contributed by atoms with van der Waals surface area (Å²) >= 11 is 0. The highest BCUT2D eigenvalue weighted by molar-refractivity contribution is 6.07. The van der Waals surface area contributed by atoms with E-state index in [1.807, 2.05) is 60.4 Å². The van der Waals surface area contributed by atoms with E-state index in [4.69, 9.17) is 19.2 Å². The average Bonchev–Trinajstić information content (AvgIpc) is 2.77. The number of carbonyl (C=O) groups excluding carboxylic acids is 1. The van der Waals surface area contributed by atoms with Crippen molar-refractivity contribution in [1.29, 1.82) is 0 Å². The molecule has 1 saturated heterocycles. The normalized spacial score (nSPS) is 16.7. The highest BCUT2D eigenvalue weighted by Gasteiger charge is 2.24. The fraction of sp³-hybridized carbons (Fsp3) is 0.304. The molecule has 0 aliphatic carbocycles. The smallest absolute Gasteiger partial charge is 0.254 e. The fourth-order valence-corrected chi connectivity index (χ4v) is 3.67. The van der Waals surface area contributed by atoms with Crippen molar-refractivity contribution in [3.63, 3.8) is 0 Å². The molecular formula is C23H24N2O4. The second kappa shape index (κ2) is 8.09. The summed E-state index contributed by atoms with van der Waals surface area (Å²) in [6.45, 7) is 3.71. The number of hydrogen-bond donors (Lipinski definition) is 0. The topological polar surface area (TPSA) is 60.9 Å². The summed E-state index contributed by atoms with van der Waals surface area (Å²) in [5.74, 6) is 1.27. The standard InChI is InChI=1S/C23H24N2O4/c1-15-14-25(10-11-29-15)23(26)18-13-20(24-19-7-5-4-6-17(18)19)16-8-9-21(27-2)22(12-16)28-3/h4-9,12-13,15H,10-11,14H2,1-3H3/t15-/m1/s1. The van der Waals surface area contributed by atoms with Crippen LogP contribution in [0.2, 0.25) is 0 Å². The number of morpholine rings is 1. The van der Waals surface area contributed by atoms with E-state index < -0.39 is 0 Å². The second-order valence-electron chi connectivity index (χ2n) is 7.07. The van der Waals surface area contributed by atoms with Gasteiger partial charge in [-0.15, -0.1) is 0 Å². The summed E-state index contributed by atoms with van der Waals surface area (Å²) in [6.07, 6.45) is 0.0334. The van der Waals surface area contributed by atoms with E-state index in [2.05, 4.69) is 0 Å². The van der Waals surface area contributed by atoms with E-state index in [1.165, 1.54) is 0 Å². The van der Waals surface area contributed by atoms with Crippen molar-refractivity contribution in [2.45, 2.75) is 13.0 Å². The molecule has 6 nitrogen and oxygen atoms in total. The number of carbonyl (C=O) groups is 1. The third-order valence-corrected chi connectivity index (χ3v) is 5.15. The molecule has 0 radical (unpaired) electrons. The van der Waals surface area contributed by atoms with Crippen LogP contribution in [0.3, 0.4) is 0 Å². The summed E-state index contributed by atoms with van der Waals surface area (Å²) in [5.41, 5.74) is 3.01. The highest BCUT2D eigenvalue weighted by atomic mass is 16.5. The number of aromatic nitrogens is 1. The van der Waals surface area contributed by atoms with Crippen LogP contribution in [0.5, 0.6) is 11.5 Å². The highest BCUT2D eigenvalue weighted by Crippen LogP contribution is 2.33. The molecule has 3 aromatic rings. The van der Waals surface area contributed by atoms with E-state index >= 15 is 0 Å². The van der Waals surface area contributed by atoms with Gasteiger partial charge in [-0.1, -0.05) is 18.2 Å². The van der Waals surface area contributed by atoms with Crippen LogP contribution in [0.15, 0.2) is 48.5 Å². The van der Waals surface area contributed by atoms with Gasteiger partial charge < -0.3 is 19.1 Å². The summed E-state index contributed by atoms with van der Waals surface area (Å²) in [7, 11) is 3.20. The number of para-hydroxylation sites is 1. The van der Waals surface area contributed by atoms with Crippen molar-refractivity contribution in [3.8, 4) is 22.8 Å². The minimum Gasteiger partial charge on any atom is -0.493 e. The van der Waals surface area contributed by atoms with Crippen LogP contribution in [0.1, 0.15) is 17.3 Å². The summed E-state index contributed by atoms with van der Waals surface area (Å²) in [5, 5.41) is 0.848. The Bertz CT molecular complexity index is 1050. The summed E-state index contributed by atoms with van der Waals surface area (Å²) in [4.78, 5) is 20.0. The number of ether oxygens (including phenoxy) is 3. The van der Waals surface area contributed by atoms with Gasteiger partial charge in [0.2, 0.25) is 0 Å². The summed E-state index contributed by atoms with van der Waals surface area (Å²) < 4.78 is 16.3. The Morgan fingerprint density at radius 3 is 2.66 bits per heavy atom. The van der Waals surface area contributed by atoms with Crippen molar-refractivity contribution in [2.75, 3.05) is 33.9 Å². The van der Waals surface area contributed by atoms with Gasteiger partial charge in [-0.3, -0.25) is 4.79 Å². The van der Waals surface area contributed by atoms with E-state index in [1.54, 1.807) is 14.2 Å². The summed E-state index contributed by atoms with van der Waals surface area (Å²) in [6, 6.07) is 15.2. The molecule has 1 amide bonds. The van der Waals surface area contributed by atoms with Crippen LogP contribution in [-0.2, 0) is 4.74 Å². The van der Waals surface area contributed by atoms with Crippen molar-refractivity contribution in [3.05, 3.63) is 54.1 Å². The predicted molar refractivity (Wildman–Crippen MR) is 112 cm³/mol. The van der Waals surface area contributed by atoms with Gasteiger partial charge in [0.15, 0.2) is 11.5 Å². The third kappa shape index (κ3) is 3.76. The Labute approximate surface area is 170 Å². The molecule has 1 fully saturated rings. The van der Waals surface area contributed by atoms with Crippen LogP contribution in [0, 0.1) is 0 Å². The Hall–Kier alpha value is -3.12. The molecule has 0 N–H and O–H groups in total. The molecule has 0 unspecified atom stereocenters. The van der Waals surface area contributed by atoms with E-state index in [-0.39, 0.29) is 12.0 Å². The largest absolute Gasteiger partial charge is 0.493 e. The van der Waals surface area contributed by atoms with Gasteiger partial charge in [0.05, 0.1) is 43.7 Å². The van der Waals surface area contributed by atoms with Crippen LogP contribution >= 0.6 is 0 Å². The van der Waals surface area contributed by atoms with Crippen molar-refractivity contribution in [1.82, 2.24) is 9.88 Å². The van der Waals surface area contributed by atoms with Gasteiger partial charge in [0.25, 0.3) is 5.91 Å². The monoisotopic (exact) mass is 392 g/mol. The maximum Gasteiger partial charge on any atom is 0.254 e. The fourth-order valence-electron chi connectivity index (χ4n) is 3.67. The molecule has 2 aromatic carbocycles. The quantitative estimate of drug-likeness (QED) is 0.676. The van der Waals surface area contributed by atoms with Gasteiger partial charge in [-0.25, -0.2) is 4.98 Å². The van der Waals surface area contributed by atoms with Gasteiger partial charge >= 0.3 is 0 Å². The molecule has 0 spiro atoms. The lowest BCUT2D eigenvalue weighted by Crippen LogP contribution is -2.44. The average molecular weight is 392 g/mol. The van der Waals surface area contributed by atoms with Gasteiger partial charge in [-0.2, -0.15) is 0 Å². The lowest BCUT2D eigenvalue weighted by molar-refractivity contribution is -0.0123. The number of benzene rings is 2. The minimum absolute atomic E-state index is 0.000441. The Morgan fingerprint density at radius 1 is 1.10 bits per heavy atom. The molecule has 1 aliphatic heterocycles. The number of amides is 1. The van der Waals surface area contributed by atoms with Crippen molar-refractivity contribution >= 4 is 16.8 Å². The molecule has 0 saturated carbocycles. The number of nitrogens with zero attached hydrogens (tertiary/aromatic N) is 2. The SMILES string of the molecule is COc1ccc(-c2cc(C(=O)N3CCO[C@H](C)C3)c3ccccc3n2)cc1OC. The van der Waals surface area contributed by atoms with E-state index in [0.717, 1.165) is 16.5 Å². The number of pyridine rings is 1. The van der Waals surface area contributed by atoms with Gasteiger partial charge in [0, 0.05) is 24.0 Å². The zero-order valence-electron chi connectivity index (χ0n) is 16.8. The molecule has 1 atom stereocenters. The lowest BCUT2D eigenvalue weighted by Gasteiger charge is -2.31. The maximum absolute atomic E-state index is 13.4.